The Labute approximate surface area is 144 Å². The number of piperidine rings is 1. The molecule has 0 saturated carbocycles. The maximum atomic E-state index is 12.9. The summed E-state index contributed by atoms with van der Waals surface area (Å²) < 4.78 is 0. The standard InChI is InChI=1S/C19H29N3O2/c1-14-6-7-17(20-13-14)21-11-8-15(9-12-21)18(23)22-10-4-5-16(22)19(2,3)24/h6-7,13,15-16,24H,4-5,8-12H2,1-3H3. The Bertz CT molecular complexity index is 571. The third-order valence-electron chi connectivity index (χ3n) is 5.42. The summed E-state index contributed by atoms with van der Waals surface area (Å²) in [6, 6.07) is 4.10. The van der Waals surface area contributed by atoms with Gasteiger partial charge in [0.2, 0.25) is 5.91 Å². The van der Waals surface area contributed by atoms with Gasteiger partial charge in [0, 0.05) is 31.7 Å². The highest BCUT2D eigenvalue weighted by molar-refractivity contribution is 5.80. The number of rotatable bonds is 3. The third kappa shape index (κ3) is 3.56. The first kappa shape index (κ1) is 17.2. The van der Waals surface area contributed by atoms with Gasteiger partial charge in [0.25, 0.3) is 0 Å². The van der Waals surface area contributed by atoms with Gasteiger partial charge in [-0.25, -0.2) is 4.98 Å². The van der Waals surface area contributed by atoms with E-state index in [2.05, 4.69) is 22.0 Å². The van der Waals surface area contributed by atoms with Crippen LogP contribution >= 0.6 is 0 Å². The minimum Gasteiger partial charge on any atom is -0.388 e. The monoisotopic (exact) mass is 331 g/mol. The van der Waals surface area contributed by atoms with Crippen LogP contribution in [-0.4, -0.2) is 52.2 Å². The van der Waals surface area contributed by atoms with Crippen LogP contribution in [0.3, 0.4) is 0 Å². The van der Waals surface area contributed by atoms with Crippen molar-refractivity contribution in [1.82, 2.24) is 9.88 Å². The van der Waals surface area contributed by atoms with Gasteiger partial charge in [0.1, 0.15) is 5.82 Å². The van der Waals surface area contributed by atoms with E-state index in [1.807, 2.05) is 31.9 Å². The van der Waals surface area contributed by atoms with E-state index in [4.69, 9.17) is 0 Å². The Hall–Kier alpha value is -1.62. The molecule has 0 bridgehead atoms. The maximum absolute atomic E-state index is 12.9. The number of aryl methyl sites for hydroxylation is 1. The van der Waals surface area contributed by atoms with E-state index >= 15 is 0 Å². The molecule has 1 amide bonds. The van der Waals surface area contributed by atoms with Crippen LogP contribution in [0.2, 0.25) is 0 Å². The van der Waals surface area contributed by atoms with E-state index < -0.39 is 5.60 Å². The number of pyridine rings is 1. The van der Waals surface area contributed by atoms with Crippen molar-refractivity contribution in [2.24, 2.45) is 5.92 Å². The summed E-state index contributed by atoms with van der Waals surface area (Å²) in [6.45, 7) is 8.19. The molecule has 2 fully saturated rings. The molecule has 3 rings (SSSR count). The quantitative estimate of drug-likeness (QED) is 0.924. The van der Waals surface area contributed by atoms with Gasteiger partial charge in [0.15, 0.2) is 0 Å². The predicted octanol–water partition coefficient (Wildman–Crippen LogP) is 2.37. The van der Waals surface area contributed by atoms with Gasteiger partial charge in [-0.1, -0.05) is 6.07 Å². The molecule has 1 N–H and O–H groups in total. The molecule has 0 aromatic carbocycles. The van der Waals surface area contributed by atoms with Crippen molar-refractivity contribution in [2.45, 2.75) is 58.1 Å². The highest BCUT2D eigenvalue weighted by Gasteiger charge is 2.41. The molecule has 3 heterocycles. The van der Waals surface area contributed by atoms with Crippen LogP contribution < -0.4 is 4.90 Å². The molecule has 2 aliphatic rings. The van der Waals surface area contributed by atoms with Crippen molar-refractivity contribution < 1.29 is 9.90 Å². The number of likely N-dealkylation sites (tertiary alicyclic amines) is 1. The second kappa shape index (κ2) is 6.71. The number of anilines is 1. The lowest BCUT2D eigenvalue weighted by atomic mass is 9.92. The summed E-state index contributed by atoms with van der Waals surface area (Å²) in [5.74, 6) is 1.31. The van der Waals surface area contributed by atoms with E-state index in [1.54, 1.807) is 0 Å². The van der Waals surface area contributed by atoms with E-state index in [1.165, 1.54) is 0 Å². The zero-order chi connectivity index (χ0) is 17.3. The highest BCUT2D eigenvalue weighted by Crippen LogP contribution is 2.31. The first-order valence-corrected chi connectivity index (χ1v) is 9.07. The van der Waals surface area contributed by atoms with Gasteiger partial charge in [0.05, 0.1) is 11.6 Å². The maximum Gasteiger partial charge on any atom is 0.226 e. The fourth-order valence-electron chi connectivity index (χ4n) is 4.00. The van der Waals surface area contributed by atoms with Crippen molar-refractivity contribution in [3.05, 3.63) is 23.9 Å². The average Bonchev–Trinajstić information content (AvgIpc) is 3.05. The minimum atomic E-state index is -0.821. The first-order valence-electron chi connectivity index (χ1n) is 9.07. The number of amides is 1. The zero-order valence-electron chi connectivity index (χ0n) is 15.0. The van der Waals surface area contributed by atoms with Crippen LogP contribution in [0, 0.1) is 12.8 Å². The molecule has 2 saturated heterocycles. The molecule has 1 aromatic heterocycles. The molecule has 5 heteroatoms. The lowest BCUT2D eigenvalue weighted by molar-refractivity contribution is -0.141. The summed E-state index contributed by atoms with van der Waals surface area (Å²) in [5.41, 5.74) is 0.342. The number of hydrogen-bond donors (Lipinski definition) is 1. The number of carbonyl (C=O) groups is 1. The molecular formula is C19H29N3O2. The van der Waals surface area contributed by atoms with Gasteiger partial charge in [-0.05, 0) is 58.1 Å². The molecule has 24 heavy (non-hydrogen) atoms. The molecule has 2 aliphatic heterocycles. The first-order chi connectivity index (χ1) is 11.4. The smallest absolute Gasteiger partial charge is 0.226 e. The molecule has 132 valence electrons. The van der Waals surface area contributed by atoms with Gasteiger partial charge >= 0.3 is 0 Å². The largest absolute Gasteiger partial charge is 0.388 e. The molecule has 0 aliphatic carbocycles. The number of aromatic nitrogens is 1. The molecule has 1 unspecified atom stereocenters. The normalized spacial score (nSPS) is 22.9. The second-order valence-electron chi connectivity index (χ2n) is 7.80. The SMILES string of the molecule is Cc1ccc(N2CCC(C(=O)N3CCCC3C(C)(C)O)CC2)nc1. The lowest BCUT2D eigenvalue weighted by Crippen LogP contribution is -2.51. The Morgan fingerprint density at radius 1 is 1.21 bits per heavy atom. The van der Waals surface area contributed by atoms with E-state index in [9.17, 15) is 9.90 Å². The van der Waals surface area contributed by atoms with Crippen LogP contribution in [0.15, 0.2) is 18.3 Å². The number of carbonyl (C=O) groups excluding carboxylic acids is 1. The van der Waals surface area contributed by atoms with Crippen molar-refractivity contribution in [2.75, 3.05) is 24.5 Å². The van der Waals surface area contributed by atoms with E-state index in [0.29, 0.717) is 0 Å². The molecule has 5 nitrogen and oxygen atoms in total. The lowest BCUT2D eigenvalue weighted by Gasteiger charge is -2.38. The molecular weight excluding hydrogens is 302 g/mol. The van der Waals surface area contributed by atoms with Crippen molar-refractivity contribution in [1.29, 1.82) is 0 Å². The summed E-state index contributed by atoms with van der Waals surface area (Å²) in [4.78, 5) is 21.6. The summed E-state index contributed by atoms with van der Waals surface area (Å²) >= 11 is 0. The minimum absolute atomic E-state index is 0.0400. The fraction of sp³-hybridized carbons (Fsp3) is 0.684. The molecule has 1 aromatic rings. The highest BCUT2D eigenvalue weighted by atomic mass is 16.3. The predicted molar refractivity (Wildman–Crippen MR) is 94.9 cm³/mol. The van der Waals surface area contributed by atoms with Gasteiger partial charge in [-0.3, -0.25) is 4.79 Å². The van der Waals surface area contributed by atoms with Gasteiger partial charge < -0.3 is 14.9 Å². The fourth-order valence-corrected chi connectivity index (χ4v) is 4.00. The summed E-state index contributed by atoms with van der Waals surface area (Å²) in [6.07, 6.45) is 5.52. The van der Waals surface area contributed by atoms with Crippen LogP contribution in [0.25, 0.3) is 0 Å². The van der Waals surface area contributed by atoms with Crippen molar-refractivity contribution >= 4 is 11.7 Å². The van der Waals surface area contributed by atoms with Gasteiger partial charge in [-0.15, -0.1) is 0 Å². The molecule has 0 spiro atoms. The van der Waals surface area contributed by atoms with Crippen molar-refractivity contribution in [3.63, 3.8) is 0 Å². The van der Waals surface area contributed by atoms with E-state index in [0.717, 1.165) is 56.7 Å². The van der Waals surface area contributed by atoms with E-state index in [-0.39, 0.29) is 17.9 Å². The number of hydrogen-bond acceptors (Lipinski definition) is 4. The third-order valence-corrected chi connectivity index (χ3v) is 5.42. The topological polar surface area (TPSA) is 56.7 Å². The molecule has 0 radical (unpaired) electrons. The Balaban J connectivity index is 1.60. The number of aliphatic hydroxyl groups is 1. The Kier molecular flexibility index (Phi) is 4.81. The summed E-state index contributed by atoms with van der Waals surface area (Å²) in [5, 5.41) is 10.3. The number of nitrogens with zero attached hydrogens (tertiary/aromatic N) is 3. The molecule has 1 atom stereocenters. The Morgan fingerprint density at radius 2 is 1.92 bits per heavy atom. The average molecular weight is 331 g/mol. The zero-order valence-corrected chi connectivity index (χ0v) is 15.0. The Morgan fingerprint density at radius 3 is 2.50 bits per heavy atom. The van der Waals surface area contributed by atoms with Crippen molar-refractivity contribution in [3.8, 4) is 0 Å². The second-order valence-corrected chi connectivity index (χ2v) is 7.80. The van der Waals surface area contributed by atoms with Gasteiger partial charge in [-0.2, -0.15) is 0 Å². The van der Waals surface area contributed by atoms with Crippen LogP contribution in [0.1, 0.15) is 45.1 Å². The van der Waals surface area contributed by atoms with Crippen LogP contribution in [0.4, 0.5) is 5.82 Å². The van der Waals surface area contributed by atoms with Crippen LogP contribution in [-0.2, 0) is 4.79 Å². The summed E-state index contributed by atoms with van der Waals surface area (Å²) in [7, 11) is 0. The van der Waals surface area contributed by atoms with Crippen LogP contribution in [0.5, 0.6) is 0 Å².